The lowest BCUT2D eigenvalue weighted by molar-refractivity contribution is 0.0620. The average molecular weight is 253 g/mol. The SMILES string of the molecule is CC(C)N1CCN(C2CCN(C(C)C)C2C)CC1. The van der Waals surface area contributed by atoms with E-state index < -0.39 is 0 Å². The van der Waals surface area contributed by atoms with E-state index in [9.17, 15) is 0 Å². The summed E-state index contributed by atoms with van der Waals surface area (Å²) in [6.45, 7) is 18.0. The predicted octanol–water partition coefficient (Wildman–Crippen LogP) is 1.88. The van der Waals surface area contributed by atoms with E-state index in [2.05, 4.69) is 49.3 Å². The molecule has 3 heteroatoms. The fourth-order valence-electron chi connectivity index (χ4n) is 3.75. The Morgan fingerprint density at radius 1 is 0.833 bits per heavy atom. The molecule has 0 aromatic carbocycles. The van der Waals surface area contributed by atoms with E-state index in [1.54, 1.807) is 0 Å². The Bertz CT molecular complexity index is 256. The standard InChI is InChI=1S/C15H31N3/c1-12(2)16-8-10-17(11-9-16)15-6-7-18(13(3)4)14(15)5/h12-15H,6-11H2,1-5H3. The Labute approximate surface area is 113 Å². The van der Waals surface area contributed by atoms with Gasteiger partial charge >= 0.3 is 0 Å². The molecule has 0 amide bonds. The van der Waals surface area contributed by atoms with Gasteiger partial charge in [-0.25, -0.2) is 0 Å². The molecular weight excluding hydrogens is 222 g/mol. The van der Waals surface area contributed by atoms with Crippen LogP contribution in [0.5, 0.6) is 0 Å². The van der Waals surface area contributed by atoms with E-state index in [0.717, 1.165) is 12.1 Å². The van der Waals surface area contributed by atoms with Gasteiger partial charge in [-0.1, -0.05) is 0 Å². The highest BCUT2D eigenvalue weighted by Gasteiger charge is 2.36. The summed E-state index contributed by atoms with van der Waals surface area (Å²) in [7, 11) is 0. The molecule has 2 fully saturated rings. The third kappa shape index (κ3) is 2.89. The highest BCUT2D eigenvalue weighted by Crippen LogP contribution is 2.25. The van der Waals surface area contributed by atoms with Crippen molar-refractivity contribution in [2.75, 3.05) is 32.7 Å². The van der Waals surface area contributed by atoms with Gasteiger partial charge in [-0.05, 0) is 41.0 Å². The minimum atomic E-state index is 0.696. The summed E-state index contributed by atoms with van der Waals surface area (Å²) in [6, 6.07) is 2.93. The van der Waals surface area contributed by atoms with Crippen LogP contribution in [-0.4, -0.2) is 71.6 Å². The molecule has 0 N–H and O–H groups in total. The van der Waals surface area contributed by atoms with E-state index in [1.165, 1.54) is 39.1 Å². The molecule has 3 nitrogen and oxygen atoms in total. The molecule has 0 aromatic rings. The first-order chi connectivity index (χ1) is 8.50. The van der Waals surface area contributed by atoms with Crippen LogP contribution in [0.3, 0.4) is 0 Å². The zero-order chi connectivity index (χ0) is 13.3. The maximum atomic E-state index is 2.74. The summed E-state index contributed by atoms with van der Waals surface area (Å²) < 4.78 is 0. The van der Waals surface area contributed by atoms with Gasteiger partial charge < -0.3 is 0 Å². The summed E-state index contributed by atoms with van der Waals surface area (Å²) in [5.41, 5.74) is 0. The van der Waals surface area contributed by atoms with Crippen LogP contribution in [0.4, 0.5) is 0 Å². The molecule has 0 spiro atoms. The number of hydrogen-bond acceptors (Lipinski definition) is 3. The van der Waals surface area contributed by atoms with Crippen molar-refractivity contribution in [2.45, 2.75) is 65.2 Å². The minimum Gasteiger partial charge on any atom is -0.298 e. The summed E-state index contributed by atoms with van der Waals surface area (Å²) >= 11 is 0. The third-order valence-electron chi connectivity index (χ3n) is 4.97. The van der Waals surface area contributed by atoms with Crippen LogP contribution in [0.25, 0.3) is 0 Å². The Morgan fingerprint density at radius 3 is 1.89 bits per heavy atom. The van der Waals surface area contributed by atoms with Crippen molar-refractivity contribution >= 4 is 0 Å². The molecule has 0 radical (unpaired) electrons. The average Bonchev–Trinajstić information content (AvgIpc) is 2.71. The van der Waals surface area contributed by atoms with Crippen LogP contribution >= 0.6 is 0 Å². The monoisotopic (exact) mass is 253 g/mol. The second-order valence-corrected chi connectivity index (χ2v) is 6.59. The lowest BCUT2D eigenvalue weighted by atomic mass is 10.1. The number of likely N-dealkylation sites (tertiary alicyclic amines) is 1. The maximum Gasteiger partial charge on any atom is 0.0262 e. The molecule has 2 saturated heterocycles. The number of hydrogen-bond donors (Lipinski definition) is 0. The number of piperazine rings is 1. The largest absolute Gasteiger partial charge is 0.298 e. The predicted molar refractivity (Wildman–Crippen MR) is 78.0 cm³/mol. The van der Waals surface area contributed by atoms with E-state index in [4.69, 9.17) is 0 Å². The van der Waals surface area contributed by atoms with Gasteiger partial charge in [0.1, 0.15) is 0 Å². The van der Waals surface area contributed by atoms with Crippen molar-refractivity contribution < 1.29 is 0 Å². The van der Waals surface area contributed by atoms with Crippen molar-refractivity contribution in [3.05, 3.63) is 0 Å². The minimum absolute atomic E-state index is 0.696. The van der Waals surface area contributed by atoms with Crippen LogP contribution in [-0.2, 0) is 0 Å². The maximum absolute atomic E-state index is 2.74. The Balaban J connectivity index is 1.87. The van der Waals surface area contributed by atoms with E-state index in [1.807, 2.05) is 0 Å². The first kappa shape index (κ1) is 14.3. The van der Waals surface area contributed by atoms with Crippen molar-refractivity contribution in [1.82, 2.24) is 14.7 Å². The van der Waals surface area contributed by atoms with Gasteiger partial charge in [0.25, 0.3) is 0 Å². The van der Waals surface area contributed by atoms with Crippen LogP contribution in [0, 0.1) is 0 Å². The smallest absolute Gasteiger partial charge is 0.0262 e. The first-order valence-corrected chi connectivity index (χ1v) is 7.74. The Kier molecular flexibility index (Phi) is 4.68. The topological polar surface area (TPSA) is 9.72 Å². The Hall–Kier alpha value is -0.120. The molecule has 2 rings (SSSR count). The van der Waals surface area contributed by atoms with Gasteiger partial charge in [0.15, 0.2) is 0 Å². The van der Waals surface area contributed by atoms with Gasteiger partial charge in [-0.2, -0.15) is 0 Å². The fraction of sp³-hybridized carbons (Fsp3) is 1.00. The second-order valence-electron chi connectivity index (χ2n) is 6.59. The van der Waals surface area contributed by atoms with E-state index in [-0.39, 0.29) is 0 Å². The van der Waals surface area contributed by atoms with E-state index >= 15 is 0 Å². The van der Waals surface area contributed by atoms with Crippen molar-refractivity contribution in [3.63, 3.8) is 0 Å². The summed E-state index contributed by atoms with van der Waals surface area (Å²) in [5.74, 6) is 0. The lowest BCUT2D eigenvalue weighted by Crippen LogP contribution is -2.54. The zero-order valence-corrected chi connectivity index (χ0v) is 12.9. The zero-order valence-electron chi connectivity index (χ0n) is 12.9. The van der Waals surface area contributed by atoms with Crippen LogP contribution < -0.4 is 0 Å². The summed E-state index contributed by atoms with van der Waals surface area (Å²) in [6.07, 6.45) is 1.36. The van der Waals surface area contributed by atoms with Crippen LogP contribution in [0.15, 0.2) is 0 Å². The quantitative estimate of drug-likeness (QED) is 0.760. The van der Waals surface area contributed by atoms with Gasteiger partial charge in [0.05, 0.1) is 0 Å². The van der Waals surface area contributed by atoms with Crippen molar-refractivity contribution in [2.24, 2.45) is 0 Å². The first-order valence-electron chi connectivity index (χ1n) is 7.74. The highest BCUT2D eigenvalue weighted by atomic mass is 15.3. The lowest BCUT2D eigenvalue weighted by Gasteiger charge is -2.41. The summed E-state index contributed by atoms with van der Waals surface area (Å²) in [4.78, 5) is 8.02. The molecule has 2 aliphatic rings. The molecule has 106 valence electrons. The Morgan fingerprint density at radius 2 is 1.44 bits per heavy atom. The summed E-state index contributed by atoms with van der Waals surface area (Å²) in [5, 5.41) is 0. The molecule has 2 unspecified atom stereocenters. The molecular formula is C15H31N3. The van der Waals surface area contributed by atoms with Crippen LogP contribution in [0.2, 0.25) is 0 Å². The van der Waals surface area contributed by atoms with Gasteiger partial charge in [-0.15, -0.1) is 0 Å². The third-order valence-corrected chi connectivity index (χ3v) is 4.97. The number of nitrogens with zero attached hydrogens (tertiary/aromatic N) is 3. The molecule has 2 atom stereocenters. The van der Waals surface area contributed by atoms with Crippen molar-refractivity contribution in [3.8, 4) is 0 Å². The number of rotatable bonds is 3. The fourth-order valence-corrected chi connectivity index (χ4v) is 3.75. The normalized spacial score (nSPS) is 32.8. The molecule has 0 bridgehead atoms. The molecule has 2 aliphatic heterocycles. The second kappa shape index (κ2) is 5.89. The molecule has 2 heterocycles. The molecule has 0 saturated carbocycles. The van der Waals surface area contributed by atoms with E-state index in [0.29, 0.717) is 12.1 Å². The van der Waals surface area contributed by atoms with Gasteiger partial charge in [0.2, 0.25) is 0 Å². The van der Waals surface area contributed by atoms with Crippen LogP contribution in [0.1, 0.15) is 41.0 Å². The molecule has 0 aliphatic carbocycles. The molecule has 18 heavy (non-hydrogen) atoms. The van der Waals surface area contributed by atoms with Gasteiger partial charge in [-0.3, -0.25) is 14.7 Å². The van der Waals surface area contributed by atoms with Crippen molar-refractivity contribution in [1.29, 1.82) is 0 Å². The highest BCUT2D eigenvalue weighted by molar-refractivity contribution is 4.93. The van der Waals surface area contributed by atoms with Gasteiger partial charge in [0, 0.05) is 56.9 Å². The molecule has 0 aromatic heterocycles.